The van der Waals surface area contributed by atoms with Crippen LogP contribution in [0, 0.1) is 0 Å². The second kappa shape index (κ2) is 65.6. The molecule has 0 aromatic rings. The van der Waals surface area contributed by atoms with Gasteiger partial charge in [0.05, 0.1) is 0 Å². The molecule has 0 saturated heterocycles. The number of allylic oxidation sites excluding steroid dienone is 10. The van der Waals surface area contributed by atoms with Crippen LogP contribution < -0.4 is 0 Å². The molecule has 0 rings (SSSR count). The highest BCUT2D eigenvalue weighted by Crippen LogP contribution is 2.18. The molecule has 0 saturated carbocycles. The number of esters is 3. The van der Waals surface area contributed by atoms with Crippen LogP contribution in [-0.2, 0) is 28.6 Å². The molecule has 0 N–H and O–H groups in total. The van der Waals surface area contributed by atoms with Crippen LogP contribution in [0.5, 0.6) is 0 Å². The summed E-state index contributed by atoms with van der Waals surface area (Å²) in [6, 6.07) is 0. The maximum atomic E-state index is 12.8. The Morgan fingerprint density at radius 2 is 0.506 bits per heavy atom. The van der Waals surface area contributed by atoms with Crippen LogP contribution in [0.4, 0.5) is 0 Å². The molecule has 6 heteroatoms. The Labute approximate surface area is 479 Å². The van der Waals surface area contributed by atoms with Gasteiger partial charge in [-0.1, -0.05) is 332 Å². The maximum absolute atomic E-state index is 12.8. The largest absolute Gasteiger partial charge is 0.462 e. The second-order valence-corrected chi connectivity index (χ2v) is 22.7. The standard InChI is InChI=1S/C71H128O6/c1-4-7-10-13-16-18-20-22-24-26-28-29-30-31-32-33-34-35-36-37-38-39-40-41-43-44-46-48-50-52-55-58-61-64-70(73)76-67-68(66-75-69(72)63-60-57-54-15-12-9-6-3)77-71(74)65-62-59-56-53-51-49-47-45-42-27-25-23-21-19-17-14-11-8-5-2/h8,11,17,19,23,25,42,45,49,51,68H,4-7,9-10,12-16,18,20-22,24,26-41,43-44,46-48,50,52-67H2,1-3H3/b11-8-,19-17-,25-23-,45-42-,51-49-. The monoisotopic (exact) mass is 1080 g/mol. The third-order valence-electron chi connectivity index (χ3n) is 15.0. The summed E-state index contributed by atoms with van der Waals surface area (Å²) < 4.78 is 16.8. The normalized spacial score (nSPS) is 12.4. The number of rotatable bonds is 62. The van der Waals surface area contributed by atoms with E-state index in [0.717, 1.165) is 96.3 Å². The van der Waals surface area contributed by atoms with Crippen LogP contribution in [0.2, 0.25) is 0 Å². The van der Waals surface area contributed by atoms with Crippen LogP contribution in [-0.4, -0.2) is 37.2 Å². The summed E-state index contributed by atoms with van der Waals surface area (Å²) in [7, 11) is 0. The topological polar surface area (TPSA) is 78.9 Å². The fourth-order valence-electron chi connectivity index (χ4n) is 10.0. The first-order valence-electron chi connectivity index (χ1n) is 33.8. The molecule has 0 heterocycles. The molecule has 0 aliphatic heterocycles. The average Bonchev–Trinajstić information content (AvgIpc) is 3.43. The SMILES string of the molecule is CC/C=C\C/C=C\C/C=C\C/C=C\C/C=C\CCCCCC(=O)OC(COC(=O)CCCCCCCCC)COC(=O)CCCCCCCCCCCCCCCCCCCCCCCCCCCCCCCCCCC. The highest BCUT2D eigenvalue weighted by Gasteiger charge is 2.19. The highest BCUT2D eigenvalue weighted by atomic mass is 16.6. The van der Waals surface area contributed by atoms with Gasteiger partial charge < -0.3 is 14.2 Å². The summed E-state index contributed by atoms with van der Waals surface area (Å²) in [6.07, 6.45) is 84.4. The van der Waals surface area contributed by atoms with E-state index >= 15 is 0 Å². The van der Waals surface area contributed by atoms with Gasteiger partial charge in [0.2, 0.25) is 0 Å². The molecule has 0 fully saturated rings. The molecule has 0 aromatic carbocycles. The third-order valence-corrected chi connectivity index (χ3v) is 15.0. The Balaban J connectivity index is 4.01. The molecule has 0 aliphatic rings. The number of unbranched alkanes of at least 4 members (excludes halogenated alkanes) is 41. The number of carbonyl (C=O) groups is 3. The van der Waals surface area contributed by atoms with Gasteiger partial charge in [-0.15, -0.1) is 0 Å². The lowest BCUT2D eigenvalue weighted by molar-refractivity contribution is -0.167. The summed E-state index contributed by atoms with van der Waals surface area (Å²) in [5.41, 5.74) is 0. The first-order valence-corrected chi connectivity index (χ1v) is 33.8. The second-order valence-electron chi connectivity index (χ2n) is 22.7. The fourth-order valence-corrected chi connectivity index (χ4v) is 10.0. The minimum absolute atomic E-state index is 0.0843. The average molecular weight is 1080 g/mol. The van der Waals surface area contributed by atoms with Crippen LogP contribution in [0.15, 0.2) is 60.8 Å². The Morgan fingerprint density at radius 1 is 0.273 bits per heavy atom. The van der Waals surface area contributed by atoms with E-state index in [1.54, 1.807) is 0 Å². The lowest BCUT2D eigenvalue weighted by atomic mass is 10.0. The van der Waals surface area contributed by atoms with Gasteiger partial charge in [-0.05, 0) is 64.2 Å². The molecule has 0 bridgehead atoms. The number of carbonyl (C=O) groups excluding carboxylic acids is 3. The van der Waals surface area contributed by atoms with E-state index < -0.39 is 6.10 Å². The van der Waals surface area contributed by atoms with Crippen LogP contribution in [0.3, 0.4) is 0 Å². The predicted molar refractivity (Wildman–Crippen MR) is 335 cm³/mol. The fraction of sp³-hybridized carbons (Fsp3) is 0.817. The van der Waals surface area contributed by atoms with Crippen molar-refractivity contribution >= 4 is 17.9 Å². The van der Waals surface area contributed by atoms with E-state index in [1.165, 1.54) is 218 Å². The minimum atomic E-state index is -0.788. The lowest BCUT2D eigenvalue weighted by Crippen LogP contribution is -2.30. The van der Waals surface area contributed by atoms with Gasteiger partial charge in [0.25, 0.3) is 0 Å². The van der Waals surface area contributed by atoms with Crippen molar-refractivity contribution in [2.24, 2.45) is 0 Å². The summed E-state index contributed by atoms with van der Waals surface area (Å²) >= 11 is 0. The van der Waals surface area contributed by atoms with E-state index in [0.29, 0.717) is 19.3 Å². The summed E-state index contributed by atoms with van der Waals surface area (Å²) in [5, 5.41) is 0. The van der Waals surface area contributed by atoms with Gasteiger partial charge >= 0.3 is 17.9 Å². The number of hydrogen-bond donors (Lipinski definition) is 0. The molecular formula is C71H128O6. The Morgan fingerprint density at radius 3 is 0.792 bits per heavy atom. The van der Waals surface area contributed by atoms with Crippen LogP contribution in [0.25, 0.3) is 0 Å². The van der Waals surface area contributed by atoms with E-state index in [1.807, 2.05) is 0 Å². The van der Waals surface area contributed by atoms with Crippen molar-refractivity contribution in [3.63, 3.8) is 0 Å². The van der Waals surface area contributed by atoms with Crippen LogP contribution >= 0.6 is 0 Å². The molecule has 1 atom stereocenters. The molecule has 0 aliphatic carbocycles. The molecule has 6 nitrogen and oxygen atoms in total. The van der Waals surface area contributed by atoms with Crippen molar-refractivity contribution in [3.8, 4) is 0 Å². The Bertz CT molecular complexity index is 1380. The smallest absolute Gasteiger partial charge is 0.306 e. The molecule has 0 radical (unpaired) electrons. The summed E-state index contributed by atoms with van der Waals surface area (Å²) in [5.74, 6) is -0.908. The Kier molecular flexibility index (Phi) is 63.2. The number of ether oxygens (including phenoxy) is 3. The molecule has 77 heavy (non-hydrogen) atoms. The summed E-state index contributed by atoms with van der Waals surface area (Å²) in [4.78, 5) is 38.1. The molecule has 1 unspecified atom stereocenters. The molecule has 0 spiro atoms. The molecular weight excluding hydrogens is 949 g/mol. The molecule has 448 valence electrons. The molecule has 0 aromatic heterocycles. The van der Waals surface area contributed by atoms with E-state index in [-0.39, 0.29) is 31.1 Å². The van der Waals surface area contributed by atoms with Crippen molar-refractivity contribution in [3.05, 3.63) is 60.8 Å². The zero-order chi connectivity index (χ0) is 55.7. The van der Waals surface area contributed by atoms with E-state index in [4.69, 9.17) is 14.2 Å². The van der Waals surface area contributed by atoms with Crippen molar-refractivity contribution < 1.29 is 28.6 Å². The summed E-state index contributed by atoms with van der Waals surface area (Å²) in [6.45, 7) is 6.50. The Hall–Kier alpha value is -2.89. The molecule has 0 amide bonds. The van der Waals surface area contributed by atoms with Crippen LogP contribution in [0.1, 0.15) is 355 Å². The van der Waals surface area contributed by atoms with Gasteiger partial charge in [-0.3, -0.25) is 14.4 Å². The maximum Gasteiger partial charge on any atom is 0.306 e. The van der Waals surface area contributed by atoms with Crippen molar-refractivity contribution in [1.29, 1.82) is 0 Å². The number of hydrogen-bond acceptors (Lipinski definition) is 6. The minimum Gasteiger partial charge on any atom is -0.462 e. The van der Waals surface area contributed by atoms with Crippen molar-refractivity contribution in [2.75, 3.05) is 13.2 Å². The van der Waals surface area contributed by atoms with E-state index in [9.17, 15) is 14.4 Å². The van der Waals surface area contributed by atoms with Gasteiger partial charge in [0.15, 0.2) is 6.10 Å². The highest BCUT2D eigenvalue weighted by molar-refractivity contribution is 5.71. The zero-order valence-electron chi connectivity index (χ0n) is 51.5. The zero-order valence-corrected chi connectivity index (χ0v) is 51.5. The van der Waals surface area contributed by atoms with Gasteiger partial charge in [0, 0.05) is 19.3 Å². The van der Waals surface area contributed by atoms with Gasteiger partial charge in [0.1, 0.15) is 13.2 Å². The predicted octanol–water partition coefficient (Wildman–Crippen LogP) is 23.1. The van der Waals surface area contributed by atoms with Gasteiger partial charge in [-0.2, -0.15) is 0 Å². The van der Waals surface area contributed by atoms with Crippen molar-refractivity contribution in [2.45, 2.75) is 361 Å². The first kappa shape index (κ1) is 74.1. The third kappa shape index (κ3) is 63.8. The van der Waals surface area contributed by atoms with Crippen molar-refractivity contribution in [1.82, 2.24) is 0 Å². The van der Waals surface area contributed by atoms with E-state index in [2.05, 4.69) is 81.5 Å². The first-order chi connectivity index (χ1) is 38.0. The lowest BCUT2D eigenvalue weighted by Gasteiger charge is -2.18. The van der Waals surface area contributed by atoms with Gasteiger partial charge in [-0.25, -0.2) is 0 Å². The quantitative estimate of drug-likeness (QED) is 0.0261.